The van der Waals surface area contributed by atoms with Gasteiger partial charge in [-0.2, -0.15) is 0 Å². The van der Waals surface area contributed by atoms with E-state index in [1.807, 2.05) is 0 Å². The van der Waals surface area contributed by atoms with E-state index >= 15 is 0 Å². The average Bonchev–Trinajstić information content (AvgIpc) is 2.35. The van der Waals surface area contributed by atoms with E-state index in [-0.39, 0.29) is 0 Å². The highest BCUT2D eigenvalue weighted by Gasteiger charge is 2.02. The molecular formula is C13H22N2O3S. The van der Waals surface area contributed by atoms with Gasteiger partial charge in [0.25, 0.3) is 0 Å². The topological polar surface area (TPSA) is 58.6 Å². The first-order valence-corrected chi connectivity index (χ1v) is 8.26. The van der Waals surface area contributed by atoms with Crippen LogP contribution in [0.5, 0.6) is 5.75 Å². The number of sulfonamides is 1. The van der Waals surface area contributed by atoms with Gasteiger partial charge in [0.1, 0.15) is 12.4 Å². The van der Waals surface area contributed by atoms with Gasteiger partial charge in [-0.3, -0.25) is 4.72 Å². The first-order valence-electron chi connectivity index (χ1n) is 6.37. The van der Waals surface area contributed by atoms with E-state index in [4.69, 9.17) is 4.74 Å². The lowest BCUT2D eigenvalue weighted by atomic mass is 10.3. The third kappa shape index (κ3) is 6.45. The molecule has 6 heteroatoms. The SMILES string of the molecule is CCN(CC)CCOc1ccc(NS(C)(=O)=O)cc1. The molecule has 0 radical (unpaired) electrons. The quantitative estimate of drug-likeness (QED) is 0.791. The first kappa shape index (κ1) is 15.8. The summed E-state index contributed by atoms with van der Waals surface area (Å²) in [7, 11) is -3.22. The number of nitrogens with zero attached hydrogens (tertiary/aromatic N) is 1. The molecule has 0 saturated heterocycles. The second kappa shape index (κ2) is 7.35. The molecule has 0 spiro atoms. The van der Waals surface area contributed by atoms with Gasteiger partial charge in [-0.1, -0.05) is 13.8 Å². The molecule has 1 aromatic rings. The summed E-state index contributed by atoms with van der Waals surface area (Å²) >= 11 is 0. The summed E-state index contributed by atoms with van der Waals surface area (Å²) in [6, 6.07) is 6.90. The summed E-state index contributed by atoms with van der Waals surface area (Å²) in [5, 5.41) is 0. The number of hydrogen-bond donors (Lipinski definition) is 1. The average molecular weight is 286 g/mol. The number of hydrogen-bond acceptors (Lipinski definition) is 4. The van der Waals surface area contributed by atoms with Crippen molar-refractivity contribution in [1.82, 2.24) is 4.90 Å². The van der Waals surface area contributed by atoms with Crippen LogP contribution in [0.1, 0.15) is 13.8 Å². The van der Waals surface area contributed by atoms with Crippen molar-refractivity contribution < 1.29 is 13.2 Å². The molecule has 0 saturated carbocycles. The van der Waals surface area contributed by atoms with Crippen molar-refractivity contribution in [2.45, 2.75) is 13.8 Å². The monoisotopic (exact) mass is 286 g/mol. The maximum atomic E-state index is 11.1. The second-order valence-electron chi connectivity index (χ2n) is 4.27. The lowest BCUT2D eigenvalue weighted by molar-refractivity contribution is 0.223. The van der Waals surface area contributed by atoms with Gasteiger partial charge in [-0.05, 0) is 37.4 Å². The Morgan fingerprint density at radius 2 is 1.74 bits per heavy atom. The van der Waals surface area contributed by atoms with E-state index < -0.39 is 10.0 Å². The van der Waals surface area contributed by atoms with Crippen molar-refractivity contribution in [2.24, 2.45) is 0 Å². The van der Waals surface area contributed by atoms with E-state index in [9.17, 15) is 8.42 Å². The third-order valence-electron chi connectivity index (χ3n) is 2.73. The fraction of sp³-hybridized carbons (Fsp3) is 0.538. The van der Waals surface area contributed by atoms with Crippen molar-refractivity contribution in [3.05, 3.63) is 24.3 Å². The summed E-state index contributed by atoms with van der Waals surface area (Å²) in [6.45, 7) is 7.77. The Hall–Kier alpha value is -1.27. The fourth-order valence-electron chi connectivity index (χ4n) is 1.67. The Morgan fingerprint density at radius 3 is 2.21 bits per heavy atom. The van der Waals surface area contributed by atoms with Crippen molar-refractivity contribution in [1.29, 1.82) is 0 Å². The van der Waals surface area contributed by atoms with Crippen LogP contribution in [-0.2, 0) is 10.0 Å². The molecule has 0 bridgehead atoms. The van der Waals surface area contributed by atoms with Crippen molar-refractivity contribution in [3.8, 4) is 5.75 Å². The predicted octanol–water partition coefficient (Wildman–Crippen LogP) is 1.78. The van der Waals surface area contributed by atoms with Crippen LogP contribution in [0.15, 0.2) is 24.3 Å². The maximum Gasteiger partial charge on any atom is 0.229 e. The van der Waals surface area contributed by atoms with Crippen LogP contribution in [0.4, 0.5) is 5.69 Å². The van der Waals surface area contributed by atoms with E-state index in [1.165, 1.54) is 0 Å². The molecule has 1 rings (SSSR count). The summed E-state index contributed by atoms with van der Waals surface area (Å²) in [5.41, 5.74) is 0.540. The zero-order valence-corrected chi connectivity index (χ0v) is 12.5. The van der Waals surface area contributed by atoms with Crippen LogP contribution in [0.25, 0.3) is 0 Å². The smallest absolute Gasteiger partial charge is 0.229 e. The molecule has 0 amide bonds. The minimum absolute atomic E-state index is 0.540. The van der Waals surface area contributed by atoms with Gasteiger partial charge >= 0.3 is 0 Å². The molecule has 0 heterocycles. The Balaban J connectivity index is 2.44. The Labute approximate surface area is 115 Å². The molecule has 5 nitrogen and oxygen atoms in total. The molecule has 108 valence electrons. The van der Waals surface area contributed by atoms with Crippen LogP contribution in [-0.4, -0.2) is 45.8 Å². The molecule has 0 fully saturated rings. The Morgan fingerprint density at radius 1 is 1.16 bits per heavy atom. The number of nitrogens with one attached hydrogen (secondary N) is 1. The highest BCUT2D eigenvalue weighted by molar-refractivity contribution is 7.92. The molecule has 0 atom stereocenters. The van der Waals surface area contributed by atoms with Gasteiger partial charge < -0.3 is 9.64 Å². The van der Waals surface area contributed by atoms with Gasteiger partial charge in [0.05, 0.1) is 6.26 Å². The van der Waals surface area contributed by atoms with Gasteiger partial charge in [-0.25, -0.2) is 8.42 Å². The van der Waals surface area contributed by atoms with Crippen LogP contribution in [0, 0.1) is 0 Å². The molecule has 0 unspecified atom stereocenters. The normalized spacial score (nSPS) is 11.6. The molecule has 0 aliphatic rings. The van der Waals surface area contributed by atoms with E-state index in [2.05, 4.69) is 23.5 Å². The third-order valence-corrected chi connectivity index (χ3v) is 3.33. The largest absolute Gasteiger partial charge is 0.492 e. The lowest BCUT2D eigenvalue weighted by Crippen LogP contribution is -2.27. The van der Waals surface area contributed by atoms with Gasteiger partial charge in [0.15, 0.2) is 0 Å². The van der Waals surface area contributed by atoms with Crippen LogP contribution in [0.3, 0.4) is 0 Å². The van der Waals surface area contributed by atoms with Crippen LogP contribution >= 0.6 is 0 Å². The minimum atomic E-state index is -3.22. The highest BCUT2D eigenvalue weighted by Crippen LogP contribution is 2.16. The van der Waals surface area contributed by atoms with Crippen molar-refractivity contribution >= 4 is 15.7 Å². The van der Waals surface area contributed by atoms with Crippen molar-refractivity contribution in [2.75, 3.05) is 37.2 Å². The van der Waals surface area contributed by atoms with Gasteiger partial charge in [0.2, 0.25) is 10.0 Å². The summed E-state index contributed by atoms with van der Waals surface area (Å²) in [4.78, 5) is 2.28. The van der Waals surface area contributed by atoms with E-state index in [0.29, 0.717) is 12.3 Å². The first-order chi connectivity index (χ1) is 8.94. The number of benzene rings is 1. The number of likely N-dealkylation sites (N-methyl/N-ethyl adjacent to an activating group) is 1. The Bertz CT molecular complexity index is 467. The van der Waals surface area contributed by atoms with Crippen molar-refractivity contribution in [3.63, 3.8) is 0 Å². The number of rotatable bonds is 8. The van der Waals surface area contributed by atoms with Gasteiger partial charge in [0, 0.05) is 12.2 Å². The molecule has 0 aromatic heterocycles. The molecular weight excluding hydrogens is 264 g/mol. The molecule has 1 aromatic carbocycles. The molecule has 0 aliphatic heterocycles. The highest BCUT2D eigenvalue weighted by atomic mass is 32.2. The minimum Gasteiger partial charge on any atom is -0.492 e. The Kier molecular flexibility index (Phi) is 6.11. The van der Waals surface area contributed by atoms with Crippen LogP contribution < -0.4 is 9.46 Å². The summed E-state index contributed by atoms with van der Waals surface area (Å²) in [5.74, 6) is 0.742. The second-order valence-corrected chi connectivity index (χ2v) is 6.02. The maximum absolute atomic E-state index is 11.1. The zero-order chi connectivity index (χ0) is 14.3. The summed E-state index contributed by atoms with van der Waals surface area (Å²) < 4.78 is 30.1. The van der Waals surface area contributed by atoms with E-state index in [1.54, 1.807) is 24.3 Å². The lowest BCUT2D eigenvalue weighted by Gasteiger charge is -2.18. The molecule has 0 aliphatic carbocycles. The van der Waals surface area contributed by atoms with Crippen LogP contribution in [0.2, 0.25) is 0 Å². The molecule has 1 N–H and O–H groups in total. The van der Waals surface area contributed by atoms with E-state index in [0.717, 1.165) is 31.6 Å². The fourth-order valence-corrected chi connectivity index (χ4v) is 2.23. The molecule has 19 heavy (non-hydrogen) atoms. The zero-order valence-electron chi connectivity index (χ0n) is 11.7. The van der Waals surface area contributed by atoms with Gasteiger partial charge in [-0.15, -0.1) is 0 Å². The number of anilines is 1. The number of ether oxygens (including phenoxy) is 1. The standard InChI is InChI=1S/C13H22N2O3S/c1-4-15(5-2)10-11-18-13-8-6-12(7-9-13)14-19(3,16)17/h6-9,14H,4-5,10-11H2,1-3H3. The summed E-state index contributed by atoms with van der Waals surface area (Å²) in [6.07, 6.45) is 1.13. The predicted molar refractivity (Wildman–Crippen MR) is 78.2 cm³/mol.